The first-order valence-corrected chi connectivity index (χ1v) is 4.92. The van der Waals surface area contributed by atoms with Gasteiger partial charge in [0.05, 0.1) is 12.1 Å². The second kappa shape index (κ2) is 5.41. The number of benzene rings is 1. The minimum Gasteiger partial charge on any atom is -0.302 e. The molecular formula is C12H16N2. The lowest BCUT2D eigenvalue weighted by molar-refractivity contribution is 0.585. The Hall–Kier alpha value is -1.33. The zero-order valence-electron chi connectivity index (χ0n) is 8.70. The molecule has 1 aromatic rings. The molecule has 0 saturated heterocycles. The van der Waals surface area contributed by atoms with E-state index < -0.39 is 0 Å². The molecule has 2 unspecified atom stereocenters. The van der Waals surface area contributed by atoms with Crippen molar-refractivity contribution < 1.29 is 0 Å². The Labute approximate surface area is 85.6 Å². The quantitative estimate of drug-likeness (QED) is 0.787. The minimum absolute atomic E-state index is 0.0684. The van der Waals surface area contributed by atoms with Gasteiger partial charge in [-0.05, 0) is 18.4 Å². The Morgan fingerprint density at radius 3 is 2.50 bits per heavy atom. The van der Waals surface area contributed by atoms with Crippen LogP contribution in [0.1, 0.15) is 25.3 Å². The van der Waals surface area contributed by atoms with Crippen molar-refractivity contribution in [2.24, 2.45) is 0 Å². The van der Waals surface area contributed by atoms with E-state index in [0.29, 0.717) is 5.92 Å². The maximum Gasteiger partial charge on any atom is 0.0924 e. The van der Waals surface area contributed by atoms with Crippen LogP contribution in [-0.2, 0) is 0 Å². The van der Waals surface area contributed by atoms with Gasteiger partial charge in [-0.1, -0.05) is 37.3 Å². The van der Waals surface area contributed by atoms with Crippen LogP contribution >= 0.6 is 0 Å². The van der Waals surface area contributed by atoms with Gasteiger partial charge >= 0.3 is 0 Å². The first kappa shape index (κ1) is 10.7. The molecular weight excluding hydrogens is 172 g/mol. The summed E-state index contributed by atoms with van der Waals surface area (Å²) in [5.74, 6) is 0.451. The normalized spacial score (nSPS) is 14.4. The molecule has 0 saturated carbocycles. The van der Waals surface area contributed by atoms with Crippen LogP contribution in [0.15, 0.2) is 30.3 Å². The van der Waals surface area contributed by atoms with E-state index in [1.807, 2.05) is 25.1 Å². The molecule has 0 fully saturated rings. The van der Waals surface area contributed by atoms with E-state index in [9.17, 15) is 0 Å². The van der Waals surface area contributed by atoms with E-state index in [1.165, 1.54) is 5.56 Å². The molecule has 0 spiro atoms. The molecule has 0 aliphatic rings. The molecule has 2 nitrogen and oxygen atoms in total. The lowest BCUT2D eigenvalue weighted by Crippen LogP contribution is -2.28. The minimum atomic E-state index is -0.0684. The fourth-order valence-electron chi connectivity index (χ4n) is 1.30. The summed E-state index contributed by atoms with van der Waals surface area (Å²) < 4.78 is 0. The largest absolute Gasteiger partial charge is 0.302 e. The van der Waals surface area contributed by atoms with Crippen molar-refractivity contribution in [1.82, 2.24) is 5.32 Å². The maximum atomic E-state index is 8.61. The van der Waals surface area contributed by atoms with Gasteiger partial charge in [-0.2, -0.15) is 5.26 Å². The van der Waals surface area contributed by atoms with Crippen molar-refractivity contribution in [3.8, 4) is 6.07 Å². The third-order valence-electron chi connectivity index (χ3n) is 2.29. The lowest BCUT2D eigenvalue weighted by atomic mass is 10.0. The summed E-state index contributed by atoms with van der Waals surface area (Å²) in [6.45, 7) is 4.88. The average Bonchev–Trinajstić information content (AvgIpc) is 2.26. The van der Waals surface area contributed by atoms with E-state index in [4.69, 9.17) is 5.26 Å². The van der Waals surface area contributed by atoms with Gasteiger partial charge in [-0.25, -0.2) is 0 Å². The Morgan fingerprint density at radius 1 is 1.29 bits per heavy atom. The van der Waals surface area contributed by atoms with Crippen molar-refractivity contribution in [1.29, 1.82) is 5.26 Å². The van der Waals surface area contributed by atoms with Crippen LogP contribution in [0.2, 0.25) is 0 Å². The predicted molar refractivity (Wildman–Crippen MR) is 57.9 cm³/mol. The third-order valence-corrected chi connectivity index (χ3v) is 2.29. The zero-order chi connectivity index (χ0) is 10.4. The van der Waals surface area contributed by atoms with E-state index in [0.717, 1.165) is 6.54 Å². The lowest BCUT2D eigenvalue weighted by Gasteiger charge is -2.13. The molecule has 14 heavy (non-hydrogen) atoms. The smallest absolute Gasteiger partial charge is 0.0924 e. The third kappa shape index (κ3) is 3.20. The second-order valence-corrected chi connectivity index (χ2v) is 3.57. The van der Waals surface area contributed by atoms with Crippen LogP contribution < -0.4 is 5.32 Å². The van der Waals surface area contributed by atoms with E-state index in [1.54, 1.807) is 0 Å². The van der Waals surface area contributed by atoms with Crippen LogP contribution in [0.25, 0.3) is 0 Å². The van der Waals surface area contributed by atoms with Gasteiger partial charge in [-0.3, -0.25) is 0 Å². The molecule has 0 aliphatic heterocycles. The average molecular weight is 188 g/mol. The Kier molecular flexibility index (Phi) is 4.15. The summed E-state index contributed by atoms with van der Waals surface area (Å²) in [4.78, 5) is 0. The number of hydrogen-bond acceptors (Lipinski definition) is 2. The van der Waals surface area contributed by atoms with Gasteiger partial charge in [0.2, 0.25) is 0 Å². The van der Waals surface area contributed by atoms with Crippen molar-refractivity contribution >= 4 is 0 Å². The summed E-state index contributed by atoms with van der Waals surface area (Å²) >= 11 is 0. The molecule has 0 aliphatic carbocycles. The Morgan fingerprint density at radius 2 is 1.93 bits per heavy atom. The molecule has 0 aromatic heterocycles. The molecule has 0 amide bonds. The van der Waals surface area contributed by atoms with Crippen molar-refractivity contribution in [3.05, 3.63) is 35.9 Å². The highest BCUT2D eigenvalue weighted by atomic mass is 14.9. The molecule has 2 atom stereocenters. The molecule has 2 heteroatoms. The van der Waals surface area contributed by atoms with Crippen LogP contribution in [0.3, 0.4) is 0 Å². The number of nitrogens with one attached hydrogen (secondary N) is 1. The molecule has 0 heterocycles. The Bertz CT molecular complexity index is 300. The summed E-state index contributed by atoms with van der Waals surface area (Å²) in [6, 6.07) is 12.4. The fourth-order valence-corrected chi connectivity index (χ4v) is 1.30. The van der Waals surface area contributed by atoms with E-state index in [-0.39, 0.29) is 6.04 Å². The molecule has 1 rings (SSSR count). The van der Waals surface area contributed by atoms with E-state index in [2.05, 4.69) is 30.4 Å². The van der Waals surface area contributed by atoms with Crippen molar-refractivity contribution in [2.45, 2.75) is 25.8 Å². The summed E-state index contributed by atoms with van der Waals surface area (Å²) in [7, 11) is 0. The van der Waals surface area contributed by atoms with Gasteiger partial charge in [0.1, 0.15) is 0 Å². The van der Waals surface area contributed by atoms with Gasteiger partial charge in [0, 0.05) is 6.54 Å². The molecule has 0 bridgehead atoms. The van der Waals surface area contributed by atoms with Crippen LogP contribution in [-0.4, -0.2) is 12.6 Å². The van der Waals surface area contributed by atoms with E-state index >= 15 is 0 Å². The van der Waals surface area contributed by atoms with Gasteiger partial charge < -0.3 is 5.32 Å². The van der Waals surface area contributed by atoms with Gasteiger partial charge in [-0.15, -0.1) is 0 Å². The number of hydrogen-bond donors (Lipinski definition) is 1. The zero-order valence-corrected chi connectivity index (χ0v) is 8.70. The number of nitrogens with zero attached hydrogens (tertiary/aromatic N) is 1. The predicted octanol–water partition coefficient (Wildman–Crippen LogP) is 2.29. The topological polar surface area (TPSA) is 35.8 Å². The SMILES string of the molecule is CC(C#N)NCC(C)c1ccccc1. The maximum absolute atomic E-state index is 8.61. The highest BCUT2D eigenvalue weighted by Gasteiger charge is 2.05. The standard InChI is InChI=1S/C12H16N2/c1-10(9-14-11(2)8-13)12-6-4-3-5-7-12/h3-7,10-11,14H,9H2,1-2H3. The van der Waals surface area contributed by atoms with Crippen molar-refractivity contribution in [2.75, 3.05) is 6.54 Å². The molecule has 1 aromatic carbocycles. The summed E-state index contributed by atoms with van der Waals surface area (Å²) in [5, 5.41) is 11.8. The molecule has 0 radical (unpaired) electrons. The highest BCUT2D eigenvalue weighted by Crippen LogP contribution is 2.12. The highest BCUT2D eigenvalue weighted by molar-refractivity contribution is 5.19. The van der Waals surface area contributed by atoms with Crippen LogP contribution in [0, 0.1) is 11.3 Å². The van der Waals surface area contributed by atoms with Crippen molar-refractivity contribution in [3.63, 3.8) is 0 Å². The Balaban J connectivity index is 2.44. The second-order valence-electron chi connectivity index (χ2n) is 3.57. The molecule has 1 N–H and O–H groups in total. The number of rotatable bonds is 4. The number of nitriles is 1. The monoisotopic (exact) mass is 188 g/mol. The first-order chi connectivity index (χ1) is 6.74. The van der Waals surface area contributed by atoms with Crippen LogP contribution in [0.4, 0.5) is 0 Å². The van der Waals surface area contributed by atoms with Gasteiger partial charge in [0.25, 0.3) is 0 Å². The summed E-state index contributed by atoms with van der Waals surface area (Å²) in [6.07, 6.45) is 0. The van der Waals surface area contributed by atoms with Crippen LogP contribution in [0.5, 0.6) is 0 Å². The summed E-state index contributed by atoms with van der Waals surface area (Å²) in [5.41, 5.74) is 1.31. The fraction of sp³-hybridized carbons (Fsp3) is 0.417. The molecule has 74 valence electrons. The first-order valence-electron chi connectivity index (χ1n) is 4.92. The van der Waals surface area contributed by atoms with Gasteiger partial charge in [0.15, 0.2) is 0 Å².